The zero-order chi connectivity index (χ0) is 25.2. The third kappa shape index (κ3) is 6.98. The van der Waals surface area contributed by atoms with Crippen molar-refractivity contribution in [3.8, 4) is 22.9 Å². The average molecular weight is 496 g/mol. The lowest BCUT2D eigenvalue weighted by Crippen LogP contribution is -2.37. The van der Waals surface area contributed by atoms with Crippen molar-refractivity contribution in [2.24, 2.45) is 0 Å². The van der Waals surface area contributed by atoms with Gasteiger partial charge < -0.3 is 23.5 Å². The molecule has 0 aliphatic carbocycles. The first-order valence-corrected chi connectivity index (χ1v) is 12.8. The molecule has 8 nitrogen and oxygen atoms in total. The third-order valence-corrected chi connectivity index (χ3v) is 6.55. The van der Waals surface area contributed by atoms with Gasteiger partial charge in [0.05, 0.1) is 45.1 Å². The summed E-state index contributed by atoms with van der Waals surface area (Å²) in [5.74, 6) is 2.47. The summed E-state index contributed by atoms with van der Waals surface area (Å²) < 4.78 is 23.9. The van der Waals surface area contributed by atoms with Crippen LogP contribution in [0, 0.1) is 0 Å². The first-order valence-electron chi connectivity index (χ1n) is 12.8. The Bertz CT molecular complexity index is 1110. The van der Waals surface area contributed by atoms with E-state index in [-0.39, 0.29) is 5.97 Å². The van der Waals surface area contributed by atoms with E-state index in [0.29, 0.717) is 13.0 Å². The Labute approximate surface area is 213 Å². The number of hydrogen-bond donors (Lipinski definition) is 0. The van der Waals surface area contributed by atoms with Crippen LogP contribution in [0.4, 0.5) is 0 Å². The molecule has 1 saturated heterocycles. The van der Waals surface area contributed by atoms with Crippen LogP contribution in [0.15, 0.2) is 42.5 Å². The number of rotatable bonds is 13. The van der Waals surface area contributed by atoms with Crippen LogP contribution in [0.1, 0.15) is 32.1 Å². The van der Waals surface area contributed by atoms with Gasteiger partial charge in [-0.05, 0) is 62.1 Å². The molecule has 0 N–H and O–H groups in total. The molecule has 194 valence electrons. The molecule has 0 spiro atoms. The Morgan fingerprint density at radius 1 is 0.944 bits per heavy atom. The number of ether oxygens (including phenoxy) is 4. The van der Waals surface area contributed by atoms with E-state index in [4.69, 9.17) is 23.9 Å². The number of carbonyl (C=O) groups excluding carboxylic acids is 1. The van der Waals surface area contributed by atoms with Gasteiger partial charge in [0.1, 0.15) is 17.3 Å². The van der Waals surface area contributed by atoms with E-state index < -0.39 is 0 Å². The lowest BCUT2D eigenvalue weighted by atomic mass is 10.2. The van der Waals surface area contributed by atoms with Crippen LogP contribution >= 0.6 is 0 Å². The Morgan fingerprint density at radius 2 is 1.72 bits per heavy atom. The number of benzene rings is 2. The monoisotopic (exact) mass is 495 g/mol. The molecule has 0 radical (unpaired) electrons. The number of imidazole rings is 1. The minimum atomic E-state index is -0.157. The van der Waals surface area contributed by atoms with E-state index in [2.05, 4.69) is 27.7 Å². The molecule has 1 aromatic heterocycles. The summed E-state index contributed by atoms with van der Waals surface area (Å²) in [5.41, 5.74) is 3.09. The highest BCUT2D eigenvalue weighted by Crippen LogP contribution is 2.29. The topological polar surface area (TPSA) is 75.1 Å². The molecule has 0 saturated carbocycles. The maximum absolute atomic E-state index is 11.2. The fraction of sp³-hybridized carbons (Fsp3) is 0.500. The lowest BCUT2D eigenvalue weighted by molar-refractivity contribution is -0.140. The molecule has 0 unspecified atom stereocenters. The summed E-state index contributed by atoms with van der Waals surface area (Å²) in [4.78, 5) is 18.7. The second kappa shape index (κ2) is 13.3. The molecule has 3 aromatic rings. The summed E-state index contributed by atoms with van der Waals surface area (Å²) in [6, 6.07) is 14.2. The number of aryl methyl sites for hydroxylation is 1. The van der Waals surface area contributed by atoms with Crippen molar-refractivity contribution in [2.45, 2.75) is 38.6 Å². The van der Waals surface area contributed by atoms with Crippen LogP contribution < -0.4 is 9.47 Å². The number of carbonyl (C=O) groups is 1. The molecule has 1 fully saturated rings. The van der Waals surface area contributed by atoms with Crippen molar-refractivity contribution < 1.29 is 23.7 Å². The maximum Gasteiger partial charge on any atom is 0.305 e. The fourth-order valence-corrected chi connectivity index (χ4v) is 4.50. The summed E-state index contributed by atoms with van der Waals surface area (Å²) in [7, 11) is 3.10. The molecule has 2 heterocycles. The Balaban J connectivity index is 1.46. The lowest BCUT2D eigenvalue weighted by Gasteiger charge is -2.26. The van der Waals surface area contributed by atoms with E-state index in [1.165, 1.54) is 7.11 Å². The number of morpholine rings is 1. The first kappa shape index (κ1) is 26.0. The highest BCUT2D eigenvalue weighted by atomic mass is 16.5. The van der Waals surface area contributed by atoms with Crippen molar-refractivity contribution >= 4 is 17.0 Å². The quantitative estimate of drug-likeness (QED) is 0.254. The van der Waals surface area contributed by atoms with Crippen LogP contribution in [-0.2, 0) is 20.8 Å². The van der Waals surface area contributed by atoms with Gasteiger partial charge >= 0.3 is 5.97 Å². The molecule has 0 atom stereocenters. The molecule has 36 heavy (non-hydrogen) atoms. The van der Waals surface area contributed by atoms with Gasteiger partial charge in [0.2, 0.25) is 0 Å². The number of methoxy groups -OCH3 is 2. The van der Waals surface area contributed by atoms with Crippen molar-refractivity contribution in [3.63, 3.8) is 0 Å². The number of aromatic nitrogens is 2. The van der Waals surface area contributed by atoms with E-state index in [1.807, 2.05) is 24.3 Å². The molecule has 2 aromatic carbocycles. The van der Waals surface area contributed by atoms with E-state index in [9.17, 15) is 4.79 Å². The standard InChI is InChI=1S/C28H37N3O5/c1-33-23-10-8-22(9-11-23)28-29-25-13-12-24(36-18-5-3-4-7-27(32)34-2)21-26(25)31(28)15-6-14-30-16-19-35-20-17-30/h8-13,21H,3-7,14-20H2,1-2H3. The largest absolute Gasteiger partial charge is 0.497 e. The predicted molar refractivity (Wildman–Crippen MR) is 140 cm³/mol. The van der Waals surface area contributed by atoms with Gasteiger partial charge in [0.15, 0.2) is 0 Å². The van der Waals surface area contributed by atoms with Gasteiger partial charge in [-0.15, -0.1) is 0 Å². The summed E-state index contributed by atoms with van der Waals surface area (Å²) in [5, 5.41) is 0. The molecule has 4 rings (SSSR count). The van der Waals surface area contributed by atoms with Crippen molar-refractivity contribution in [3.05, 3.63) is 42.5 Å². The van der Waals surface area contributed by atoms with Gasteiger partial charge in [-0.25, -0.2) is 4.98 Å². The number of unbranched alkanes of at least 4 members (excludes halogenated alkanes) is 2. The first-order chi connectivity index (χ1) is 17.7. The zero-order valence-corrected chi connectivity index (χ0v) is 21.4. The molecular weight excluding hydrogens is 458 g/mol. The number of esters is 1. The smallest absolute Gasteiger partial charge is 0.305 e. The molecule has 0 bridgehead atoms. The maximum atomic E-state index is 11.2. The van der Waals surface area contributed by atoms with Gasteiger partial charge in [-0.1, -0.05) is 0 Å². The van der Waals surface area contributed by atoms with Gasteiger partial charge in [0, 0.05) is 44.2 Å². The average Bonchev–Trinajstić information content (AvgIpc) is 3.28. The minimum Gasteiger partial charge on any atom is -0.497 e. The highest BCUT2D eigenvalue weighted by molar-refractivity contribution is 5.82. The SMILES string of the molecule is COC(=O)CCCCCOc1ccc2nc(-c3ccc(OC)cc3)n(CCCN3CCOCC3)c2c1. The second-order valence-corrected chi connectivity index (χ2v) is 9.01. The van der Waals surface area contributed by atoms with E-state index in [1.54, 1.807) is 7.11 Å². The number of hydrogen-bond acceptors (Lipinski definition) is 7. The van der Waals surface area contributed by atoms with Crippen LogP contribution in [0.2, 0.25) is 0 Å². The van der Waals surface area contributed by atoms with Crippen LogP contribution in [-0.4, -0.2) is 74.1 Å². The van der Waals surface area contributed by atoms with E-state index >= 15 is 0 Å². The van der Waals surface area contributed by atoms with Gasteiger partial charge in [-0.2, -0.15) is 0 Å². The minimum absolute atomic E-state index is 0.157. The molecule has 1 aliphatic heterocycles. The normalized spacial score (nSPS) is 14.2. The Kier molecular flexibility index (Phi) is 9.58. The second-order valence-electron chi connectivity index (χ2n) is 9.01. The molecule has 1 aliphatic rings. The third-order valence-electron chi connectivity index (χ3n) is 6.55. The zero-order valence-electron chi connectivity index (χ0n) is 21.4. The molecule has 0 amide bonds. The summed E-state index contributed by atoms with van der Waals surface area (Å²) >= 11 is 0. The van der Waals surface area contributed by atoms with E-state index in [0.717, 1.165) is 99.0 Å². The van der Waals surface area contributed by atoms with Gasteiger partial charge in [-0.3, -0.25) is 9.69 Å². The Morgan fingerprint density at radius 3 is 2.47 bits per heavy atom. The van der Waals surface area contributed by atoms with Crippen molar-refractivity contribution in [2.75, 3.05) is 53.7 Å². The number of nitrogens with zero attached hydrogens (tertiary/aromatic N) is 3. The predicted octanol–water partition coefficient (Wildman–Crippen LogP) is 4.55. The summed E-state index contributed by atoms with van der Waals surface area (Å²) in [6.07, 6.45) is 4.12. The van der Waals surface area contributed by atoms with Crippen molar-refractivity contribution in [1.29, 1.82) is 0 Å². The molecular formula is C28H37N3O5. The fourth-order valence-electron chi connectivity index (χ4n) is 4.50. The molecule has 8 heteroatoms. The van der Waals surface area contributed by atoms with Crippen LogP contribution in [0.5, 0.6) is 11.5 Å². The number of fused-ring (bicyclic) bond motifs is 1. The summed E-state index contributed by atoms with van der Waals surface area (Å²) in [6.45, 7) is 6.13. The van der Waals surface area contributed by atoms with Crippen LogP contribution in [0.3, 0.4) is 0 Å². The Hall–Kier alpha value is -3.10. The van der Waals surface area contributed by atoms with Gasteiger partial charge in [0.25, 0.3) is 0 Å². The highest BCUT2D eigenvalue weighted by Gasteiger charge is 2.15. The van der Waals surface area contributed by atoms with Crippen molar-refractivity contribution in [1.82, 2.24) is 14.5 Å². The van der Waals surface area contributed by atoms with Crippen LogP contribution in [0.25, 0.3) is 22.4 Å².